The number of carboxylic acid groups (broad SMARTS) is 1. The highest BCUT2D eigenvalue weighted by molar-refractivity contribution is 5.77. The van der Waals surface area contributed by atoms with Crippen LogP contribution in [0, 0.1) is 0 Å². The van der Waals surface area contributed by atoms with Crippen LogP contribution in [0.4, 0.5) is 0 Å². The summed E-state index contributed by atoms with van der Waals surface area (Å²) in [6.45, 7) is 1.99. The molecule has 0 saturated heterocycles. The number of methoxy groups -OCH3 is 1. The maximum absolute atomic E-state index is 11.4. The molecule has 104 valence electrons. The quantitative estimate of drug-likeness (QED) is 0.898. The number of nitrogens with zero attached hydrogens (tertiary/aromatic N) is 1. The number of fused-ring (bicyclic) bond motifs is 1. The van der Waals surface area contributed by atoms with Crippen molar-refractivity contribution in [1.29, 1.82) is 0 Å². The second kappa shape index (κ2) is 5.09. The van der Waals surface area contributed by atoms with Crippen LogP contribution in [0.5, 0.6) is 11.5 Å². The summed E-state index contributed by atoms with van der Waals surface area (Å²) in [6, 6.07) is 2.92. The Bertz CT molecular complexity index is 498. The third-order valence-electron chi connectivity index (χ3n) is 3.29. The molecule has 2 rings (SSSR count). The van der Waals surface area contributed by atoms with Gasteiger partial charge in [-0.3, -0.25) is 9.69 Å². The Hall–Kier alpha value is -1.75. The predicted octanol–water partition coefficient (Wildman–Crippen LogP) is 1.71. The van der Waals surface area contributed by atoms with Gasteiger partial charge in [0.2, 0.25) is 0 Å². The normalized spacial score (nSPS) is 18.9. The number of rotatable bonds is 4. The largest absolute Gasteiger partial charge is 0.496 e. The van der Waals surface area contributed by atoms with Crippen LogP contribution in [0.3, 0.4) is 0 Å². The Balaban J connectivity index is 2.50. The van der Waals surface area contributed by atoms with E-state index in [-0.39, 0.29) is 6.10 Å². The van der Waals surface area contributed by atoms with Crippen molar-refractivity contribution in [3.05, 3.63) is 23.3 Å². The Morgan fingerprint density at radius 1 is 1.53 bits per heavy atom. The van der Waals surface area contributed by atoms with Gasteiger partial charge in [-0.2, -0.15) is 0 Å². The molecule has 1 aromatic carbocycles. The van der Waals surface area contributed by atoms with Crippen molar-refractivity contribution in [3.63, 3.8) is 0 Å². The minimum atomic E-state index is -0.908. The minimum Gasteiger partial charge on any atom is -0.496 e. The van der Waals surface area contributed by atoms with Crippen molar-refractivity contribution in [2.24, 2.45) is 0 Å². The number of carbonyl (C=O) groups is 1. The summed E-state index contributed by atoms with van der Waals surface area (Å²) in [5, 5.41) is 9.38. The lowest BCUT2D eigenvalue weighted by molar-refractivity contribution is -0.142. The summed E-state index contributed by atoms with van der Waals surface area (Å²) < 4.78 is 11.0. The summed E-state index contributed by atoms with van der Waals surface area (Å²) in [7, 11) is 5.02. The van der Waals surface area contributed by atoms with Gasteiger partial charge in [0, 0.05) is 17.5 Å². The first-order valence-electron chi connectivity index (χ1n) is 6.20. The van der Waals surface area contributed by atoms with E-state index in [9.17, 15) is 9.90 Å². The lowest BCUT2D eigenvalue weighted by Gasteiger charge is -2.23. The summed E-state index contributed by atoms with van der Waals surface area (Å²) in [4.78, 5) is 13.1. The Morgan fingerprint density at radius 3 is 2.74 bits per heavy atom. The molecule has 0 aliphatic carbocycles. The maximum Gasteiger partial charge on any atom is 0.325 e. The van der Waals surface area contributed by atoms with E-state index in [1.807, 2.05) is 13.0 Å². The zero-order chi connectivity index (χ0) is 14.2. The molecule has 19 heavy (non-hydrogen) atoms. The minimum absolute atomic E-state index is 0.123. The molecule has 0 radical (unpaired) electrons. The van der Waals surface area contributed by atoms with E-state index < -0.39 is 12.0 Å². The van der Waals surface area contributed by atoms with E-state index in [1.54, 1.807) is 32.2 Å². The zero-order valence-corrected chi connectivity index (χ0v) is 11.6. The fourth-order valence-electron chi connectivity index (χ4n) is 2.48. The topological polar surface area (TPSA) is 59.0 Å². The molecule has 0 aromatic heterocycles. The van der Waals surface area contributed by atoms with Gasteiger partial charge in [-0.25, -0.2) is 0 Å². The van der Waals surface area contributed by atoms with E-state index >= 15 is 0 Å². The van der Waals surface area contributed by atoms with E-state index in [2.05, 4.69) is 0 Å². The molecule has 0 bridgehead atoms. The highest BCUT2D eigenvalue weighted by Crippen LogP contribution is 2.38. The van der Waals surface area contributed by atoms with Crippen molar-refractivity contribution < 1.29 is 19.4 Å². The molecule has 0 fully saturated rings. The van der Waals surface area contributed by atoms with E-state index in [0.717, 1.165) is 17.7 Å². The van der Waals surface area contributed by atoms with Crippen LogP contribution in [0.25, 0.3) is 0 Å². The molecule has 1 aromatic rings. The molecule has 1 aliphatic heterocycles. The molecule has 1 aliphatic rings. The Morgan fingerprint density at radius 2 is 2.21 bits per heavy atom. The van der Waals surface area contributed by atoms with Gasteiger partial charge in [0.25, 0.3) is 0 Å². The predicted molar refractivity (Wildman–Crippen MR) is 70.9 cm³/mol. The summed E-state index contributed by atoms with van der Waals surface area (Å²) >= 11 is 0. The lowest BCUT2D eigenvalue weighted by Crippen LogP contribution is -2.27. The number of carboxylic acids is 1. The molecule has 0 spiro atoms. The molecule has 5 nitrogen and oxygen atoms in total. The van der Waals surface area contributed by atoms with Crippen LogP contribution in [0.2, 0.25) is 0 Å². The highest BCUT2D eigenvalue weighted by atomic mass is 16.5. The average molecular weight is 265 g/mol. The summed E-state index contributed by atoms with van der Waals surface area (Å²) in [5.41, 5.74) is 1.68. The average Bonchev–Trinajstić information content (AvgIpc) is 2.66. The first-order chi connectivity index (χ1) is 8.93. The summed E-state index contributed by atoms with van der Waals surface area (Å²) in [5.74, 6) is 0.447. The van der Waals surface area contributed by atoms with Gasteiger partial charge in [0.15, 0.2) is 0 Å². The number of ether oxygens (including phenoxy) is 2. The Labute approximate surface area is 112 Å². The van der Waals surface area contributed by atoms with Gasteiger partial charge in [-0.05, 0) is 33.2 Å². The number of hydrogen-bond acceptors (Lipinski definition) is 4. The molecule has 5 heteroatoms. The van der Waals surface area contributed by atoms with E-state index in [1.165, 1.54) is 0 Å². The number of hydrogen-bond donors (Lipinski definition) is 1. The van der Waals surface area contributed by atoms with Crippen molar-refractivity contribution in [1.82, 2.24) is 4.90 Å². The number of likely N-dealkylation sites (N-methyl/N-ethyl adjacent to an activating group) is 1. The van der Waals surface area contributed by atoms with Crippen LogP contribution in [-0.2, 0) is 11.2 Å². The fraction of sp³-hybridized carbons (Fsp3) is 0.500. The van der Waals surface area contributed by atoms with Gasteiger partial charge < -0.3 is 14.6 Å². The molecule has 2 atom stereocenters. The van der Waals surface area contributed by atoms with Crippen LogP contribution in [0.15, 0.2) is 12.1 Å². The molecule has 0 amide bonds. The van der Waals surface area contributed by atoms with Crippen LogP contribution in [-0.4, -0.2) is 43.3 Å². The van der Waals surface area contributed by atoms with Crippen LogP contribution in [0.1, 0.15) is 24.1 Å². The van der Waals surface area contributed by atoms with Crippen molar-refractivity contribution >= 4 is 5.97 Å². The molecule has 1 heterocycles. The van der Waals surface area contributed by atoms with Crippen LogP contribution < -0.4 is 9.47 Å². The van der Waals surface area contributed by atoms with Gasteiger partial charge in [0.05, 0.1) is 7.11 Å². The van der Waals surface area contributed by atoms with Gasteiger partial charge in [-0.1, -0.05) is 0 Å². The number of benzene rings is 1. The standard InChI is InChI=1S/C14H19NO4/c1-8-5-9-6-12(18-4)10(7-11(9)19-8)13(14(16)17)15(2)3/h6-8,13H,5H2,1-4H3,(H,16,17). The summed E-state index contributed by atoms with van der Waals surface area (Å²) in [6.07, 6.45) is 0.948. The smallest absolute Gasteiger partial charge is 0.325 e. The SMILES string of the molecule is COc1cc2c(cc1C(C(=O)O)N(C)C)OC(C)C2. The second-order valence-corrected chi connectivity index (χ2v) is 5.04. The van der Waals surface area contributed by atoms with E-state index in [0.29, 0.717) is 11.3 Å². The molecule has 2 unspecified atom stereocenters. The third kappa shape index (κ3) is 2.51. The molecular formula is C14H19NO4. The van der Waals surface area contributed by atoms with Gasteiger partial charge in [0.1, 0.15) is 23.6 Å². The van der Waals surface area contributed by atoms with Gasteiger partial charge in [-0.15, -0.1) is 0 Å². The molecular weight excluding hydrogens is 246 g/mol. The van der Waals surface area contributed by atoms with Crippen molar-refractivity contribution in [2.75, 3.05) is 21.2 Å². The number of aliphatic carboxylic acids is 1. The molecule has 0 saturated carbocycles. The fourth-order valence-corrected chi connectivity index (χ4v) is 2.48. The second-order valence-electron chi connectivity index (χ2n) is 5.04. The maximum atomic E-state index is 11.4. The van der Waals surface area contributed by atoms with E-state index in [4.69, 9.17) is 9.47 Å². The monoisotopic (exact) mass is 265 g/mol. The first kappa shape index (κ1) is 13.7. The zero-order valence-electron chi connectivity index (χ0n) is 11.6. The van der Waals surface area contributed by atoms with Crippen LogP contribution >= 0.6 is 0 Å². The lowest BCUT2D eigenvalue weighted by atomic mass is 10.0. The third-order valence-corrected chi connectivity index (χ3v) is 3.29. The van der Waals surface area contributed by atoms with Crippen molar-refractivity contribution in [2.45, 2.75) is 25.5 Å². The Kier molecular flexibility index (Phi) is 3.66. The van der Waals surface area contributed by atoms with Gasteiger partial charge >= 0.3 is 5.97 Å². The molecule has 1 N–H and O–H groups in total. The highest BCUT2D eigenvalue weighted by Gasteiger charge is 2.29. The van der Waals surface area contributed by atoms with Crippen molar-refractivity contribution in [3.8, 4) is 11.5 Å². The first-order valence-corrected chi connectivity index (χ1v) is 6.20.